The van der Waals surface area contributed by atoms with Gasteiger partial charge in [-0.1, -0.05) is 61.5 Å². The Balaban J connectivity index is 1.68. The molecule has 0 aromatic heterocycles. The molecule has 0 aliphatic carbocycles. The van der Waals surface area contributed by atoms with Crippen LogP contribution in [-0.4, -0.2) is 18.0 Å². The number of benzene rings is 3. The lowest BCUT2D eigenvalue weighted by atomic mass is 9.88. The van der Waals surface area contributed by atoms with Crippen LogP contribution in [0.4, 0.5) is 13.2 Å². The van der Waals surface area contributed by atoms with Gasteiger partial charge in [-0.25, -0.2) is 0 Å². The molecule has 0 N–H and O–H groups in total. The van der Waals surface area contributed by atoms with Crippen LogP contribution >= 0.6 is 0 Å². The fraction of sp³-hybridized carbons (Fsp3) is 0.250. The Bertz CT molecular complexity index is 1020. The summed E-state index contributed by atoms with van der Waals surface area (Å²) < 4.78 is 39.3. The van der Waals surface area contributed by atoms with Gasteiger partial charge in [-0.2, -0.15) is 13.2 Å². The Morgan fingerprint density at radius 3 is 2.46 bits per heavy atom. The molecule has 1 nitrogen and oxygen atoms in total. The van der Waals surface area contributed by atoms with Gasteiger partial charge in [-0.15, -0.1) is 0 Å². The molecule has 3 aromatic rings. The van der Waals surface area contributed by atoms with Gasteiger partial charge in [-0.3, -0.25) is 4.90 Å². The van der Waals surface area contributed by atoms with Crippen LogP contribution in [0.3, 0.4) is 0 Å². The van der Waals surface area contributed by atoms with Gasteiger partial charge >= 0.3 is 6.18 Å². The first-order chi connectivity index (χ1) is 13.5. The molecule has 0 fully saturated rings. The summed E-state index contributed by atoms with van der Waals surface area (Å²) in [5.41, 5.74) is 2.26. The van der Waals surface area contributed by atoms with Crippen molar-refractivity contribution in [1.29, 1.82) is 0 Å². The van der Waals surface area contributed by atoms with Crippen molar-refractivity contribution in [2.45, 2.75) is 25.6 Å². The second kappa shape index (κ2) is 7.44. The van der Waals surface area contributed by atoms with Crippen molar-refractivity contribution in [3.63, 3.8) is 0 Å². The number of hydrogen-bond donors (Lipinski definition) is 0. The van der Waals surface area contributed by atoms with Gasteiger partial charge in [0.25, 0.3) is 0 Å². The van der Waals surface area contributed by atoms with E-state index in [9.17, 15) is 13.2 Å². The third-order valence-corrected chi connectivity index (χ3v) is 5.55. The summed E-state index contributed by atoms with van der Waals surface area (Å²) in [5, 5.41) is 2.38. The average molecular weight is 381 g/mol. The lowest BCUT2D eigenvalue weighted by Gasteiger charge is -2.35. The Labute approximate surface area is 163 Å². The summed E-state index contributed by atoms with van der Waals surface area (Å²) in [6.07, 6.45) is -1.55. The van der Waals surface area contributed by atoms with Crippen molar-refractivity contribution < 1.29 is 13.2 Å². The number of likely N-dealkylation sites (N-methyl/N-ethyl adjacent to an activating group) is 1. The van der Waals surface area contributed by atoms with Crippen molar-refractivity contribution in [2.24, 2.45) is 0 Å². The molecule has 0 saturated heterocycles. The van der Waals surface area contributed by atoms with Crippen LogP contribution in [0.1, 0.15) is 36.1 Å². The molecule has 0 amide bonds. The third-order valence-electron chi connectivity index (χ3n) is 5.55. The highest BCUT2D eigenvalue weighted by Crippen LogP contribution is 2.38. The fourth-order valence-electron chi connectivity index (χ4n) is 4.00. The molecule has 28 heavy (non-hydrogen) atoms. The third kappa shape index (κ3) is 3.69. The zero-order valence-corrected chi connectivity index (χ0v) is 15.7. The van der Waals surface area contributed by atoms with Crippen LogP contribution in [-0.2, 0) is 6.18 Å². The predicted molar refractivity (Wildman–Crippen MR) is 108 cm³/mol. The van der Waals surface area contributed by atoms with E-state index in [1.807, 2.05) is 12.1 Å². The highest BCUT2D eigenvalue weighted by Gasteiger charge is 2.31. The maximum absolute atomic E-state index is 13.1. The molecule has 1 heterocycles. The molecule has 1 aliphatic rings. The highest BCUT2D eigenvalue weighted by molar-refractivity contribution is 5.83. The molecule has 4 rings (SSSR count). The number of rotatable bonds is 3. The Hall–Kier alpha value is -2.59. The quantitative estimate of drug-likeness (QED) is 0.487. The zero-order chi connectivity index (χ0) is 19.7. The van der Waals surface area contributed by atoms with E-state index in [-0.39, 0.29) is 6.04 Å². The van der Waals surface area contributed by atoms with Gasteiger partial charge in [0.15, 0.2) is 0 Å². The van der Waals surface area contributed by atoms with E-state index in [1.54, 1.807) is 6.07 Å². The first kappa shape index (κ1) is 18.8. The van der Waals surface area contributed by atoms with Gasteiger partial charge in [0.2, 0.25) is 0 Å². The van der Waals surface area contributed by atoms with Gasteiger partial charge < -0.3 is 0 Å². The maximum atomic E-state index is 13.1. The van der Waals surface area contributed by atoms with Gasteiger partial charge in [0.05, 0.1) is 5.56 Å². The van der Waals surface area contributed by atoms with E-state index in [2.05, 4.69) is 48.2 Å². The van der Waals surface area contributed by atoms with Crippen molar-refractivity contribution in [3.8, 4) is 0 Å². The summed E-state index contributed by atoms with van der Waals surface area (Å²) in [6.45, 7) is 3.75. The SMILES string of the molecule is CCN1CC=C(c2cccc(C(F)(F)F)c2)CC1c1ccc2ccccc2c1. The fourth-order valence-corrected chi connectivity index (χ4v) is 4.00. The summed E-state index contributed by atoms with van der Waals surface area (Å²) in [7, 11) is 0. The second-order valence-electron chi connectivity index (χ2n) is 7.22. The van der Waals surface area contributed by atoms with Crippen LogP contribution in [0.25, 0.3) is 16.3 Å². The van der Waals surface area contributed by atoms with Gasteiger partial charge in [0, 0.05) is 12.6 Å². The van der Waals surface area contributed by atoms with E-state index in [0.29, 0.717) is 12.0 Å². The van der Waals surface area contributed by atoms with Crippen molar-refractivity contribution in [1.82, 2.24) is 4.90 Å². The summed E-state index contributed by atoms with van der Waals surface area (Å²) in [6, 6.07) is 20.5. The lowest BCUT2D eigenvalue weighted by Crippen LogP contribution is -2.32. The maximum Gasteiger partial charge on any atom is 0.416 e. The van der Waals surface area contributed by atoms with Gasteiger partial charge in [-0.05, 0) is 58.6 Å². The number of halogens is 3. The van der Waals surface area contributed by atoms with Crippen LogP contribution in [0.5, 0.6) is 0 Å². The van der Waals surface area contributed by atoms with Crippen molar-refractivity contribution in [3.05, 3.63) is 89.5 Å². The first-order valence-corrected chi connectivity index (χ1v) is 9.55. The first-order valence-electron chi connectivity index (χ1n) is 9.55. The number of hydrogen-bond acceptors (Lipinski definition) is 1. The van der Waals surface area contributed by atoms with Crippen LogP contribution in [0, 0.1) is 0 Å². The minimum atomic E-state index is -4.32. The molecular formula is C24H22F3N. The molecule has 1 atom stereocenters. The largest absolute Gasteiger partial charge is 0.416 e. The predicted octanol–water partition coefficient (Wildman–Crippen LogP) is 6.71. The normalized spacial score (nSPS) is 18.3. The second-order valence-corrected chi connectivity index (χ2v) is 7.22. The Morgan fingerprint density at radius 2 is 1.71 bits per heavy atom. The van der Waals surface area contributed by atoms with Gasteiger partial charge in [0.1, 0.15) is 0 Å². The molecule has 144 valence electrons. The van der Waals surface area contributed by atoms with Crippen LogP contribution in [0.2, 0.25) is 0 Å². The summed E-state index contributed by atoms with van der Waals surface area (Å²) >= 11 is 0. The molecule has 1 unspecified atom stereocenters. The van der Waals surface area contributed by atoms with Crippen molar-refractivity contribution >= 4 is 16.3 Å². The summed E-state index contributed by atoms with van der Waals surface area (Å²) in [4.78, 5) is 2.36. The molecule has 0 bridgehead atoms. The van der Waals surface area contributed by atoms with Crippen LogP contribution in [0.15, 0.2) is 72.8 Å². The molecule has 3 aromatic carbocycles. The zero-order valence-electron chi connectivity index (χ0n) is 15.7. The number of alkyl halides is 3. The van der Waals surface area contributed by atoms with Crippen molar-refractivity contribution in [2.75, 3.05) is 13.1 Å². The van der Waals surface area contributed by atoms with E-state index in [1.165, 1.54) is 28.5 Å². The molecule has 4 heteroatoms. The van der Waals surface area contributed by atoms with Crippen LogP contribution < -0.4 is 0 Å². The molecule has 1 aliphatic heterocycles. The standard InChI is InChI=1S/C24H22F3N/c1-2-28-13-12-20(19-8-5-9-22(15-19)24(25,26)27)16-23(28)21-11-10-17-6-3-4-7-18(17)14-21/h3-12,14-15,23H,2,13,16H2,1H3. The summed E-state index contributed by atoms with van der Waals surface area (Å²) in [5.74, 6) is 0. The minimum Gasteiger partial charge on any atom is -0.293 e. The number of fused-ring (bicyclic) bond motifs is 1. The average Bonchev–Trinajstić information content (AvgIpc) is 2.72. The Morgan fingerprint density at radius 1 is 0.929 bits per heavy atom. The Kier molecular flexibility index (Phi) is 4.98. The molecular weight excluding hydrogens is 359 g/mol. The van der Waals surface area contributed by atoms with E-state index in [4.69, 9.17) is 0 Å². The molecule has 0 radical (unpaired) electrons. The monoisotopic (exact) mass is 381 g/mol. The molecule has 0 spiro atoms. The number of nitrogens with zero attached hydrogens (tertiary/aromatic N) is 1. The highest BCUT2D eigenvalue weighted by atomic mass is 19.4. The van der Waals surface area contributed by atoms with E-state index in [0.717, 1.165) is 24.7 Å². The minimum absolute atomic E-state index is 0.157. The van der Waals surface area contributed by atoms with E-state index < -0.39 is 11.7 Å². The van der Waals surface area contributed by atoms with E-state index >= 15 is 0 Å². The topological polar surface area (TPSA) is 3.24 Å². The molecule has 0 saturated carbocycles. The lowest BCUT2D eigenvalue weighted by molar-refractivity contribution is -0.137. The smallest absolute Gasteiger partial charge is 0.293 e.